The molecule has 1 aliphatic rings. The highest BCUT2D eigenvalue weighted by Gasteiger charge is 2.18. The number of aryl methyl sites for hydroxylation is 3. The first-order chi connectivity index (χ1) is 13.5. The van der Waals surface area contributed by atoms with Crippen LogP contribution < -0.4 is 5.32 Å². The van der Waals surface area contributed by atoms with Crippen molar-refractivity contribution in [1.82, 2.24) is 19.7 Å². The summed E-state index contributed by atoms with van der Waals surface area (Å²) in [5, 5.41) is 12.2. The van der Waals surface area contributed by atoms with Crippen LogP contribution in [0.1, 0.15) is 36.2 Å². The Balaban J connectivity index is 1.52. The summed E-state index contributed by atoms with van der Waals surface area (Å²) in [4.78, 5) is 26.3. The summed E-state index contributed by atoms with van der Waals surface area (Å²) in [7, 11) is 1.65. The number of nitrogens with zero attached hydrogens (tertiary/aromatic N) is 4. The zero-order chi connectivity index (χ0) is 20.1. The number of carbonyl (C=O) groups is 2. The zero-order valence-corrected chi connectivity index (χ0v) is 17.5. The Morgan fingerprint density at radius 3 is 2.68 bits per heavy atom. The Bertz CT molecular complexity index is 844. The van der Waals surface area contributed by atoms with Crippen LogP contribution in [0.3, 0.4) is 0 Å². The van der Waals surface area contributed by atoms with Crippen molar-refractivity contribution in [3.05, 3.63) is 35.2 Å². The SMILES string of the molecule is Cc1cccc(C)c1NC(=O)CN(C)C(=O)CSc1nnc2n1CCCCC2. The molecule has 0 spiro atoms. The predicted octanol–water partition coefficient (Wildman–Crippen LogP) is 2.81. The van der Waals surface area contributed by atoms with Crippen LogP contribution in [0.2, 0.25) is 0 Å². The first-order valence-corrected chi connectivity index (χ1v) is 10.6. The zero-order valence-electron chi connectivity index (χ0n) is 16.7. The van der Waals surface area contributed by atoms with E-state index in [1.165, 1.54) is 23.1 Å². The molecule has 0 atom stereocenters. The summed E-state index contributed by atoms with van der Waals surface area (Å²) in [6, 6.07) is 5.86. The van der Waals surface area contributed by atoms with E-state index in [1.54, 1.807) is 7.05 Å². The van der Waals surface area contributed by atoms with E-state index < -0.39 is 0 Å². The standard InChI is InChI=1S/C20H27N5O2S/c1-14-8-7-9-15(2)19(14)21-17(26)12-24(3)18(27)13-28-20-23-22-16-10-5-4-6-11-25(16)20/h7-9H,4-6,10-13H2,1-3H3,(H,21,26). The number of anilines is 1. The number of thioether (sulfide) groups is 1. The van der Waals surface area contributed by atoms with Gasteiger partial charge in [-0.05, 0) is 37.8 Å². The average molecular weight is 402 g/mol. The van der Waals surface area contributed by atoms with Gasteiger partial charge >= 0.3 is 0 Å². The molecule has 1 aliphatic heterocycles. The van der Waals surface area contributed by atoms with E-state index in [0.717, 1.165) is 53.6 Å². The van der Waals surface area contributed by atoms with Gasteiger partial charge in [-0.2, -0.15) is 0 Å². The number of carbonyl (C=O) groups excluding carboxylic acids is 2. The minimum absolute atomic E-state index is 0.0190. The number of aromatic nitrogens is 3. The molecular weight excluding hydrogens is 374 g/mol. The van der Waals surface area contributed by atoms with Crippen molar-refractivity contribution in [2.24, 2.45) is 0 Å². The molecule has 2 amide bonds. The van der Waals surface area contributed by atoms with Gasteiger partial charge in [0.1, 0.15) is 5.82 Å². The molecule has 7 nitrogen and oxygen atoms in total. The Hall–Kier alpha value is -2.35. The van der Waals surface area contributed by atoms with Crippen LogP contribution >= 0.6 is 11.8 Å². The maximum Gasteiger partial charge on any atom is 0.243 e. The number of benzene rings is 1. The third-order valence-electron chi connectivity index (χ3n) is 4.95. The first-order valence-electron chi connectivity index (χ1n) is 9.60. The number of hydrogen-bond acceptors (Lipinski definition) is 5. The highest BCUT2D eigenvalue weighted by atomic mass is 32.2. The van der Waals surface area contributed by atoms with Crippen molar-refractivity contribution < 1.29 is 9.59 Å². The molecule has 3 rings (SSSR count). The van der Waals surface area contributed by atoms with E-state index >= 15 is 0 Å². The van der Waals surface area contributed by atoms with E-state index in [1.807, 2.05) is 32.0 Å². The molecule has 150 valence electrons. The molecule has 8 heteroatoms. The van der Waals surface area contributed by atoms with Crippen molar-refractivity contribution in [2.45, 2.75) is 51.2 Å². The second kappa shape index (κ2) is 9.23. The molecule has 1 N–H and O–H groups in total. The van der Waals surface area contributed by atoms with Crippen molar-refractivity contribution in [1.29, 1.82) is 0 Å². The molecule has 1 aromatic heterocycles. The Labute approximate surface area is 169 Å². The fourth-order valence-electron chi connectivity index (χ4n) is 3.30. The molecule has 0 saturated carbocycles. The summed E-state index contributed by atoms with van der Waals surface area (Å²) in [5.41, 5.74) is 2.82. The van der Waals surface area contributed by atoms with Crippen molar-refractivity contribution in [3.8, 4) is 0 Å². The lowest BCUT2D eigenvalue weighted by atomic mass is 10.1. The van der Waals surface area contributed by atoms with Crippen LogP contribution in [-0.2, 0) is 22.6 Å². The van der Waals surface area contributed by atoms with Crippen LogP contribution in [0.4, 0.5) is 5.69 Å². The van der Waals surface area contributed by atoms with Gasteiger partial charge in [0.2, 0.25) is 11.8 Å². The number of likely N-dealkylation sites (N-methyl/N-ethyl adjacent to an activating group) is 1. The molecule has 1 aromatic carbocycles. The van der Waals surface area contributed by atoms with Gasteiger partial charge in [-0.25, -0.2) is 0 Å². The van der Waals surface area contributed by atoms with Gasteiger partial charge in [0, 0.05) is 25.7 Å². The van der Waals surface area contributed by atoms with Crippen LogP contribution in [0.15, 0.2) is 23.4 Å². The summed E-state index contributed by atoms with van der Waals surface area (Å²) < 4.78 is 2.12. The molecule has 0 bridgehead atoms. The lowest BCUT2D eigenvalue weighted by Crippen LogP contribution is -2.36. The number of amides is 2. The molecule has 2 heterocycles. The van der Waals surface area contributed by atoms with Crippen molar-refractivity contribution >= 4 is 29.3 Å². The van der Waals surface area contributed by atoms with Crippen LogP contribution in [-0.4, -0.2) is 50.8 Å². The normalized spacial score (nSPS) is 13.5. The highest BCUT2D eigenvalue weighted by Crippen LogP contribution is 2.22. The Morgan fingerprint density at radius 1 is 1.18 bits per heavy atom. The maximum absolute atomic E-state index is 12.5. The number of nitrogens with one attached hydrogen (secondary N) is 1. The van der Waals surface area contributed by atoms with Crippen LogP contribution in [0.25, 0.3) is 0 Å². The number of hydrogen-bond donors (Lipinski definition) is 1. The Kier molecular flexibility index (Phi) is 6.72. The van der Waals surface area contributed by atoms with Crippen molar-refractivity contribution in [3.63, 3.8) is 0 Å². The van der Waals surface area contributed by atoms with E-state index in [4.69, 9.17) is 0 Å². The van der Waals surface area contributed by atoms with Gasteiger partial charge in [-0.1, -0.05) is 36.4 Å². The van der Waals surface area contributed by atoms with Gasteiger partial charge in [-0.15, -0.1) is 10.2 Å². The fourth-order valence-corrected chi connectivity index (χ4v) is 4.22. The smallest absolute Gasteiger partial charge is 0.243 e. The molecule has 0 unspecified atom stereocenters. The van der Waals surface area contributed by atoms with E-state index in [-0.39, 0.29) is 24.1 Å². The maximum atomic E-state index is 12.5. The second-order valence-corrected chi connectivity index (χ2v) is 8.16. The second-order valence-electron chi connectivity index (χ2n) is 7.21. The lowest BCUT2D eigenvalue weighted by molar-refractivity contribution is -0.131. The minimum Gasteiger partial charge on any atom is -0.336 e. The molecule has 28 heavy (non-hydrogen) atoms. The monoisotopic (exact) mass is 401 g/mol. The number of rotatable bonds is 6. The van der Waals surface area contributed by atoms with Crippen LogP contribution in [0, 0.1) is 13.8 Å². The molecule has 0 radical (unpaired) electrons. The summed E-state index contributed by atoms with van der Waals surface area (Å²) in [6.45, 7) is 4.84. The quantitative estimate of drug-likeness (QED) is 0.753. The van der Waals surface area contributed by atoms with Gasteiger partial charge in [0.25, 0.3) is 0 Å². The average Bonchev–Trinajstić information content (AvgIpc) is 2.89. The van der Waals surface area contributed by atoms with Gasteiger partial charge in [-0.3, -0.25) is 9.59 Å². The molecule has 0 saturated heterocycles. The number of para-hydroxylation sites is 1. The summed E-state index contributed by atoms with van der Waals surface area (Å²) in [5.74, 6) is 0.946. The minimum atomic E-state index is -0.199. The van der Waals surface area contributed by atoms with Gasteiger partial charge in [0.05, 0.1) is 12.3 Å². The summed E-state index contributed by atoms with van der Waals surface area (Å²) >= 11 is 1.39. The molecule has 0 fully saturated rings. The van der Waals surface area contributed by atoms with E-state index in [9.17, 15) is 9.59 Å². The molecule has 2 aromatic rings. The summed E-state index contributed by atoms with van der Waals surface area (Å²) in [6.07, 6.45) is 4.40. The topological polar surface area (TPSA) is 80.1 Å². The van der Waals surface area contributed by atoms with Gasteiger partial charge < -0.3 is 14.8 Å². The third kappa shape index (κ3) is 4.92. The van der Waals surface area contributed by atoms with Crippen molar-refractivity contribution in [2.75, 3.05) is 24.7 Å². The number of fused-ring (bicyclic) bond motifs is 1. The lowest BCUT2D eigenvalue weighted by Gasteiger charge is -2.18. The molecular formula is C20H27N5O2S. The van der Waals surface area contributed by atoms with E-state index in [0.29, 0.717) is 0 Å². The fraction of sp³-hybridized carbons (Fsp3) is 0.500. The third-order valence-corrected chi connectivity index (χ3v) is 5.90. The van der Waals surface area contributed by atoms with Gasteiger partial charge in [0.15, 0.2) is 5.16 Å². The molecule has 0 aliphatic carbocycles. The first kappa shape index (κ1) is 20.4. The Morgan fingerprint density at radius 2 is 1.93 bits per heavy atom. The predicted molar refractivity (Wildman–Crippen MR) is 110 cm³/mol. The largest absolute Gasteiger partial charge is 0.336 e. The van der Waals surface area contributed by atoms with E-state index in [2.05, 4.69) is 20.1 Å². The van der Waals surface area contributed by atoms with Crippen LogP contribution in [0.5, 0.6) is 0 Å². The highest BCUT2D eigenvalue weighted by molar-refractivity contribution is 7.99.